The lowest BCUT2D eigenvalue weighted by Gasteiger charge is -2.19. The van der Waals surface area contributed by atoms with Crippen molar-refractivity contribution >= 4 is 23.9 Å². The van der Waals surface area contributed by atoms with E-state index in [-0.39, 0.29) is 13.1 Å². The molecule has 0 unspecified atom stereocenters. The van der Waals surface area contributed by atoms with Gasteiger partial charge in [-0.05, 0) is 27.7 Å². The monoisotopic (exact) mass is 303 g/mol. The zero-order chi connectivity index (χ0) is 16.6. The van der Waals surface area contributed by atoms with Gasteiger partial charge < -0.3 is 25.8 Å². The van der Waals surface area contributed by atoms with Crippen LogP contribution < -0.4 is 16.0 Å². The van der Waals surface area contributed by atoms with E-state index in [0.717, 1.165) is 0 Å². The first kappa shape index (κ1) is 18.7. The van der Waals surface area contributed by atoms with Crippen molar-refractivity contribution in [2.75, 3.05) is 13.1 Å². The van der Waals surface area contributed by atoms with E-state index in [0.29, 0.717) is 0 Å². The first-order chi connectivity index (χ1) is 9.51. The van der Waals surface area contributed by atoms with E-state index >= 15 is 0 Å². The second-order valence-corrected chi connectivity index (χ2v) is 5.26. The van der Waals surface area contributed by atoms with Gasteiger partial charge in [0.15, 0.2) is 0 Å². The van der Waals surface area contributed by atoms with E-state index < -0.39 is 35.5 Å². The Morgan fingerprint density at radius 1 is 1.05 bits per heavy atom. The number of carboxylic acid groups (broad SMARTS) is 1. The Morgan fingerprint density at radius 3 is 2.05 bits per heavy atom. The second-order valence-electron chi connectivity index (χ2n) is 5.26. The lowest BCUT2D eigenvalue weighted by Crippen LogP contribution is -2.46. The average molecular weight is 303 g/mol. The molecule has 0 fully saturated rings. The van der Waals surface area contributed by atoms with Crippen LogP contribution in [0.3, 0.4) is 0 Å². The maximum absolute atomic E-state index is 11.4. The number of carbonyl (C=O) groups is 4. The molecular formula is C12H21N3O6. The number of carbonyl (C=O) groups excluding carboxylic acids is 3. The van der Waals surface area contributed by atoms with Crippen LogP contribution in [0.5, 0.6) is 0 Å². The maximum Gasteiger partial charge on any atom is 0.408 e. The minimum atomic E-state index is -1.18. The van der Waals surface area contributed by atoms with E-state index in [4.69, 9.17) is 9.84 Å². The van der Waals surface area contributed by atoms with Gasteiger partial charge in [0, 0.05) is 0 Å². The first-order valence-corrected chi connectivity index (χ1v) is 6.27. The van der Waals surface area contributed by atoms with Crippen LogP contribution in [-0.2, 0) is 19.1 Å². The summed E-state index contributed by atoms with van der Waals surface area (Å²) in [5.41, 5.74) is -0.673. The Morgan fingerprint density at radius 2 is 1.57 bits per heavy atom. The third-order valence-electron chi connectivity index (χ3n) is 1.99. The minimum absolute atomic E-state index is 0.351. The summed E-state index contributed by atoms with van der Waals surface area (Å²) in [6, 6.07) is -1.05. The van der Waals surface area contributed by atoms with Crippen molar-refractivity contribution in [1.82, 2.24) is 16.0 Å². The Labute approximate surface area is 122 Å². The molecule has 0 aromatic rings. The van der Waals surface area contributed by atoms with Gasteiger partial charge in [0.1, 0.15) is 18.2 Å². The highest BCUT2D eigenvalue weighted by molar-refractivity contribution is 5.89. The van der Waals surface area contributed by atoms with Gasteiger partial charge in [-0.3, -0.25) is 14.4 Å². The Balaban J connectivity index is 3.93. The van der Waals surface area contributed by atoms with Gasteiger partial charge in [0.25, 0.3) is 0 Å². The van der Waals surface area contributed by atoms with Crippen molar-refractivity contribution in [1.29, 1.82) is 0 Å². The zero-order valence-corrected chi connectivity index (χ0v) is 12.5. The largest absolute Gasteiger partial charge is 0.480 e. The van der Waals surface area contributed by atoms with Crippen molar-refractivity contribution in [3.63, 3.8) is 0 Å². The summed E-state index contributed by atoms with van der Waals surface area (Å²) in [4.78, 5) is 44.4. The molecule has 21 heavy (non-hydrogen) atoms. The summed E-state index contributed by atoms with van der Waals surface area (Å²) in [6.07, 6.45) is -0.749. The third-order valence-corrected chi connectivity index (χ3v) is 1.99. The molecule has 0 radical (unpaired) electrons. The zero-order valence-electron chi connectivity index (χ0n) is 12.5. The fourth-order valence-corrected chi connectivity index (χ4v) is 1.06. The molecule has 0 rings (SSSR count). The van der Waals surface area contributed by atoms with Gasteiger partial charge >= 0.3 is 12.1 Å². The standard InChI is InChI=1S/C12H21N3O6/c1-7(10(18)19)15-9(17)6-13-8(16)5-14-11(20)21-12(2,3)4/h7H,5-6H2,1-4H3,(H,13,16)(H,14,20)(H,15,17)(H,18,19)/t7-/m0/s1. The molecule has 9 heteroatoms. The number of hydrogen-bond acceptors (Lipinski definition) is 5. The van der Waals surface area contributed by atoms with Crippen LogP contribution in [0.25, 0.3) is 0 Å². The van der Waals surface area contributed by atoms with Crippen LogP contribution in [0.2, 0.25) is 0 Å². The molecular weight excluding hydrogens is 282 g/mol. The van der Waals surface area contributed by atoms with Crippen LogP contribution in [0.15, 0.2) is 0 Å². The molecule has 0 saturated heterocycles. The number of nitrogens with one attached hydrogen (secondary N) is 3. The van der Waals surface area contributed by atoms with E-state index in [1.165, 1.54) is 6.92 Å². The number of alkyl carbamates (subject to hydrolysis) is 1. The maximum atomic E-state index is 11.4. The first-order valence-electron chi connectivity index (χ1n) is 6.27. The fourth-order valence-electron chi connectivity index (χ4n) is 1.06. The molecule has 0 aromatic carbocycles. The predicted octanol–water partition coefficient (Wildman–Crippen LogP) is -0.783. The molecule has 0 aliphatic heterocycles. The van der Waals surface area contributed by atoms with Crippen LogP contribution in [-0.4, -0.2) is 53.7 Å². The Bertz CT molecular complexity index is 416. The summed E-state index contributed by atoms with van der Waals surface area (Å²) in [7, 11) is 0. The lowest BCUT2D eigenvalue weighted by molar-refractivity contribution is -0.141. The van der Waals surface area contributed by atoms with Gasteiger partial charge in [0.05, 0.1) is 6.54 Å². The third kappa shape index (κ3) is 10.2. The minimum Gasteiger partial charge on any atom is -0.480 e. The summed E-state index contributed by atoms with van der Waals surface area (Å²) < 4.78 is 4.92. The van der Waals surface area contributed by atoms with Crippen molar-refractivity contribution < 1.29 is 29.0 Å². The molecule has 0 aliphatic carbocycles. The van der Waals surface area contributed by atoms with Crippen molar-refractivity contribution in [3.8, 4) is 0 Å². The molecule has 4 N–H and O–H groups in total. The smallest absolute Gasteiger partial charge is 0.408 e. The fraction of sp³-hybridized carbons (Fsp3) is 0.667. The highest BCUT2D eigenvalue weighted by Crippen LogP contribution is 2.05. The average Bonchev–Trinajstić information content (AvgIpc) is 2.31. The number of hydrogen-bond donors (Lipinski definition) is 4. The molecule has 120 valence electrons. The number of amides is 3. The van der Waals surface area contributed by atoms with Gasteiger partial charge in [-0.2, -0.15) is 0 Å². The Hall–Kier alpha value is -2.32. The molecule has 0 aliphatic rings. The number of rotatable bonds is 6. The number of carboxylic acids is 1. The van der Waals surface area contributed by atoms with Gasteiger partial charge in [-0.15, -0.1) is 0 Å². The molecule has 3 amide bonds. The van der Waals surface area contributed by atoms with Gasteiger partial charge in [-0.25, -0.2) is 4.79 Å². The molecule has 9 nitrogen and oxygen atoms in total. The second kappa shape index (κ2) is 8.08. The number of aliphatic carboxylic acids is 1. The van der Waals surface area contributed by atoms with Crippen molar-refractivity contribution in [3.05, 3.63) is 0 Å². The number of ether oxygens (including phenoxy) is 1. The molecule has 0 heterocycles. The molecule has 1 atom stereocenters. The highest BCUT2D eigenvalue weighted by atomic mass is 16.6. The topological polar surface area (TPSA) is 134 Å². The van der Waals surface area contributed by atoms with Gasteiger partial charge in [0.2, 0.25) is 11.8 Å². The highest BCUT2D eigenvalue weighted by Gasteiger charge is 2.17. The summed E-state index contributed by atoms with van der Waals surface area (Å²) >= 11 is 0. The van der Waals surface area contributed by atoms with Crippen LogP contribution in [0, 0.1) is 0 Å². The quantitative estimate of drug-likeness (QED) is 0.508. The van der Waals surface area contributed by atoms with Crippen molar-refractivity contribution in [2.45, 2.75) is 39.3 Å². The summed E-state index contributed by atoms with van der Waals surface area (Å²) in [5, 5.41) is 15.2. The van der Waals surface area contributed by atoms with Crippen LogP contribution >= 0.6 is 0 Å². The van der Waals surface area contributed by atoms with E-state index in [1.54, 1.807) is 20.8 Å². The molecule has 0 aromatic heterocycles. The van der Waals surface area contributed by atoms with E-state index in [1.807, 2.05) is 0 Å². The van der Waals surface area contributed by atoms with Gasteiger partial charge in [-0.1, -0.05) is 0 Å². The normalized spacial score (nSPS) is 12.0. The molecule has 0 bridgehead atoms. The molecule has 0 saturated carbocycles. The SMILES string of the molecule is C[C@H](NC(=O)CNC(=O)CNC(=O)OC(C)(C)C)C(=O)O. The van der Waals surface area contributed by atoms with Crippen molar-refractivity contribution in [2.24, 2.45) is 0 Å². The lowest BCUT2D eigenvalue weighted by atomic mass is 10.2. The van der Waals surface area contributed by atoms with Crippen LogP contribution in [0.1, 0.15) is 27.7 Å². The molecule has 0 spiro atoms. The summed E-state index contributed by atoms with van der Waals surface area (Å²) in [5.74, 6) is -2.42. The van der Waals surface area contributed by atoms with E-state index in [9.17, 15) is 19.2 Å². The summed E-state index contributed by atoms with van der Waals surface area (Å²) in [6.45, 7) is 5.61. The van der Waals surface area contributed by atoms with Crippen LogP contribution in [0.4, 0.5) is 4.79 Å². The Kier molecular flexibility index (Phi) is 7.18. The predicted molar refractivity (Wildman–Crippen MR) is 72.5 cm³/mol. The van der Waals surface area contributed by atoms with E-state index in [2.05, 4.69) is 16.0 Å².